The number of hydrogen-bond acceptors (Lipinski definition) is 4. The summed E-state index contributed by atoms with van der Waals surface area (Å²) in [5.74, 6) is -0.714. The zero-order chi connectivity index (χ0) is 13.8. The first kappa shape index (κ1) is 15.4. The predicted molar refractivity (Wildman–Crippen MR) is 72.9 cm³/mol. The highest BCUT2D eigenvalue weighted by Crippen LogP contribution is 2.32. The fourth-order valence-corrected chi connectivity index (χ4v) is 2.74. The lowest BCUT2D eigenvalue weighted by molar-refractivity contribution is -0.144. The van der Waals surface area contributed by atoms with Crippen LogP contribution in [0.1, 0.15) is 25.7 Å². The molecule has 106 valence electrons. The van der Waals surface area contributed by atoms with Crippen LogP contribution in [0.3, 0.4) is 0 Å². The van der Waals surface area contributed by atoms with Crippen molar-refractivity contribution in [1.82, 2.24) is 15.1 Å². The van der Waals surface area contributed by atoms with Crippen LogP contribution in [0.2, 0.25) is 0 Å². The molecule has 0 saturated heterocycles. The van der Waals surface area contributed by atoms with Gasteiger partial charge in [0, 0.05) is 6.04 Å². The number of carboxylic acid groups (broad SMARTS) is 1. The van der Waals surface area contributed by atoms with E-state index in [4.69, 9.17) is 0 Å². The molecule has 0 aromatic carbocycles. The molecule has 0 amide bonds. The topological polar surface area (TPSA) is 55.8 Å². The second-order valence-corrected chi connectivity index (χ2v) is 5.67. The molecule has 5 heteroatoms. The molecular formula is C13H27N3O2. The molecule has 1 fully saturated rings. The predicted octanol–water partition coefficient (Wildman–Crippen LogP) is 0.465. The molecule has 2 atom stereocenters. The van der Waals surface area contributed by atoms with Crippen LogP contribution in [-0.4, -0.2) is 73.7 Å². The van der Waals surface area contributed by atoms with Crippen molar-refractivity contribution in [3.8, 4) is 0 Å². The third-order valence-corrected chi connectivity index (χ3v) is 4.12. The summed E-state index contributed by atoms with van der Waals surface area (Å²) in [6.07, 6.45) is 3.52. The van der Waals surface area contributed by atoms with E-state index < -0.39 is 11.5 Å². The molecule has 1 aliphatic rings. The molecule has 5 nitrogen and oxygen atoms in total. The average molecular weight is 257 g/mol. The normalized spacial score (nSPS) is 28.2. The summed E-state index contributed by atoms with van der Waals surface area (Å²) in [5.41, 5.74) is -0.708. The van der Waals surface area contributed by atoms with Crippen molar-refractivity contribution in [2.45, 2.75) is 37.3 Å². The Morgan fingerprint density at radius 3 is 2.50 bits per heavy atom. The molecule has 1 aliphatic carbocycles. The van der Waals surface area contributed by atoms with Gasteiger partial charge in [0.2, 0.25) is 0 Å². The van der Waals surface area contributed by atoms with Crippen LogP contribution in [0, 0.1) is 0 Å². The van der Waals surface area contributed by atoms with Crippen LogP contribution in [0.5, 0.6) is 0 Å². The van der Waals surface area contributed by atoms with Gasteiger partial charge >= 0.3 is 5.97 Å². The number of nitrogens with one attached hydrogen (secondary N) is 1. The van der Waals surface area contributed by atoms with Gasteiger partial charge in [-0.25, -0.2) is 0 Å². The van der Waals surface area contributed by atoms with Crippen molar-refractivity contribution >= 4 is 5.97 Å². The highest BCUT2D eigenvalue weighted by molar-refractivity contribution is 5.79. The summed E-state index contributed by atoms with van der Waals surface area (Å²) in [6.45, 7) is 2.11. The Balaban J connectivity index is 2.43. The lowest BCUT2D eigenvalue weighted by Crippen LogP contribution is -2.49. The Kier molecular flexibility index (Phi) is 5.56. The fourth-order valence-electron chi connectivity index (χ4n) is 2.74. The third kappa shape index (κ3) is 3.67. The number of aliphatic carboxylic acids is 1. The maximum Gasteiger partial charge on any atom is 0.323 e. The van der Waals surface area contributed by atoms with Crippen LogP contribution in [-0.2, 0) is 4.79 Å². The highest BCUT2D eigenvalue weighted by Gasteiger charge is 2.45. The maximum atomic E-state index is 11.3. The number of hydrogen-bond donors (Lipinski definition) is 2. The van der Waals surface area contributed by atoms with E-state index in [-0.39, 0.29) is 0 Å². The van der Waals surface area contributed by atoms with E-state index in [1.54, 1.807) is 7.05 Å². The summed E-state index contributed by atoms with van der Waals surface area (Å²) in [6, 6.07) is 0.385. The van der Waals surface area contributed by atoms with Gasteiger partial charge in [0.1, 0.15) is 5.54 Å². The van der Waals surface area contributed by atoms with E-state index >= 15 is 0 Å². The van der Waals surface area contributed by atoms with Crippen molar-refractivity contribution in [3.63, 3.8) is 0 Å². The molecule has 0 spiro atoms. The Hall–Kier alpha value is -0.650. The molecule has 1 saturated carbocycles. The second-order valence-electron chi connectivity index (χ2n) is 5.67. The van der Waals surface area contributed by atoms with Gasteiger partial charge in [-0.2, -0.15) is 0 Å². The van der Waals surface area contributed by atoms with Gasteiger partial charge in [0.25, 0.3) is 0 Å². The zero-order valence-electron chi connectivity index (χ0n) is 12.1. The Labute approximate surface area is 110 Å². The lowest BCUT2D eigenvalue weighted by Gasteiger charge is -2.28. The summed E-state index contributed by atoms with van der Waals surface area (Å²) < 4.78 is 0. The van der Waals surface area contributed by atoms with Gasteiger partial charge in [0.05, 0.1) is 0 Å². The number of likely N-dealkylation sites (N-methyl/N-ethyl adjacent to an activating group) is 1. The molecule has 0 heterocycles. The van der Waals surface area contributed by atoms with Crippen LogP contribution in [0.4, 0.5) is 0 Å². The quantitative estimate of drug-likeness (QED) is 0.694. The van der Waals surface area contributed by atoms with Crippen molar-refractivity contribution in [2.75, 3.05) is 41.3 Å². The average Bonchev–Trinajstić information content (AvgIpc) is 2.74. The molecule has 0 radical (unpaired) electrons. The number of carboxylic acids is 1. The van der Waals surface area contributed by atoms with Gasteiger partial charge in [-0.3, -0.25) is 4.79 Å². The SMILES string of the molecule is CNC1(C(=O)O)CCC(N(C)CCCN(C)C)C1. The van der Waals surface area contributed by atoms with Crippen molar-refractivity contribution < 1.29 is 9.90 Å². The first-order valence-electron chi connectivity index (χ1n) is 6.68. The largest absolute Gasteiger partial charge is 0.480 e. The molecule has 0 aliphatic heterocycles. The Morgan fingerprint density at radius 2 is 2.06 bits per heavy atom. The van der Waals surface area contributed by atoms with Crippen LogP contribution < -0.4 is 5.32 Å². The van der Waals surface area contributed by atoms with Gasteiger partial charge < -0.3 is 20.2 Å². The van der Waals surface area contributed by atoms with Gasteiger partial charge in [-0.1, -0.05) is 0 Å². The molecule has 18 heavy (non-hydrogen) atoms. The molecule has 2 unspecified atom stereocenters. The molecule has 2 N–H and O–H groups in total. The monoisotopic (exact) mass is 257 g/mol. The van der Waals surface area contributed by atoms with Gasteiger partial charge in [0.15, 0.2) is 0 Å². The minimum atomic E-state index is -0.714. The van der Waals surface area contributed by atoms with E-state index in [2.05, 4.69) is 36.3 Å². The van der Waals surface area contributed by atoms with E-state index in [0.29, 0.717) is 12.5 Å². The van der Waals surface area contributed by atoms with Crippen LogP contribution in [0.25, 0.3) is 0 Å². The standard InChI is InChI=1S/C13H27N3O2/c1-14-13(12(17)18)7-6-11(10-13)16(4)9-5-8-15(2)3/h11,14H,5-10H2,1-4H3,(H,17,18). The van der Waals surface area contributed by atoms with Gasteiger partial charge in [-0.15, -0.1) is 0 Å². The summed E-state index contributed by atoms with van der Waals surface area (Å²) in [7, 11) is 8.01. The molecule has 0 aromatic heterocycles. The zero-order valence-corrected chi connectivity index (χ0v) is 12.1. The first-order chi connectivity index (χ1) is 8.41. The Bertz CT molecular complexity index is 283. The van der Waals surface area contributed by atoms with Crippen molar-refractivity contribution in [2.24, 2.45) is 0 Å². The van der Waals surface area contributed by atoms with E-state index in [1.807, 2.05) is 0 Å². The van der Waals surface area contributed by atoms with Gasteiger partial charge in [-0.05, 0) is 67.0 Å². The summed E-state index contributed by atoms with van der Waals surface area (Å²) >= 11 is 0. The van der Waals surface area contributed by atoms with E-state index in [9.17, 15) is 9.90 Å². The minimum absolute atomic E-state index is 0.385. The lowest BCUT2D eigenvalue weighted by atomic mass is 9.98. The molecule has 1 rings (SSSR count). The van der Waals surface area contributed by atoms with E-state index in [0.717, 1.165) is 32.4 Å². The minimum Gasteiger partial charge on any atom is -0.480 e. The molecular weight excluding hydrogens is 230 g/mol. The fraction of sp³-hybridized carbons (Fsp3) is 0.923. The Morgan fingerprint density at radius 1 is 1.39 bits per heavy atom. The second kappa shape index (κ2) is 6.50. The van der Waals surface area contributed by atoms with Crippen LogP contribution in [0.15, 0.2) is 0 Å². The van der Waals surface area contributed by atoms with Crippen LogP contribution >= 0.6 is 0 Å². The number of rotatable bonds is 7. The number of nitrogens with zero attached hydrogens (tertiary/aromatic N) is 2. The smallest absolute Gasteiger partial charge is 0.323 e. The third-order valence-electron chi connectivity index (χ3n) is 4.12. The van der Waals surface area contributed by atoms with Crippen molar-refractivity contribution in [3.05, 3.63) is 0 Å². The van der Waals surface area contributed by atoms with E-state index in [1.165, 1.54) is 0 Å². The van der Waals surface area contributed by atoms with Crippen molar-refractivity contribution in [1.29, 1.82) is 0 Å². The summed E-state index contributed by atoms with van der Waals surface area (Å²) in [5, 5.41) is 12.3. The molecule has 0 aromatic rings. The summed E-state index contributed by atoms with van der Waals surface area (Å²) in [4.78, 5) is 15.8. The number of carbonyl (C=O) groups is 1. The maximum absolute atomic E-state index is 11.3. The highest BCUT2D eigenvalue weighted by atomic mass is 16.4. The first-order valence-corrected chi connectivity index (χ1v) is 6.68. The molecule has 0 bridgehead atoms.